The molecule has 3 N–H and O–H groups in total. The predicted molar refractivity (Wildman–Crippen MR) is 149 cm³/mol. The van der Waals surface area contributed by atoms with Gasteiger partial charge in [-0.25, -0.2) is 17.6 Å². The third-order valence-corrected chi connectivity index (χ3v) is 8.74. The van der Waals surface area contributed by atoms with Crippen molar-refractivity contribution in [1.29, 1.82) is 0 Å². The van der Waals surface area contributed by atoms with Crippen LogP contribution in [0.15, 0.2) is 52.0 Å². The molecule has 9 nitrogen and oxygen atoms in total. The summed E-state index contributed by atoms with van der Waals surface area (Å²) in [7, 11) is -3.63. The van der Waals surface area contributed by atoms with Crippen molar-refractivity contribution in [3.05, 3.63) is 86.5 Å². The van der Waals surface area contributed by atoms with Crippen molar-refractivity contribution in [2.24, 2.45) is 5.92 Å². The number of rotatable bonds is 8. The molecule has 0 saturated heterocycles. The largest absolute Gasteiger partial charge is 0.480 e. The van der Waals surface area contributed by atoms with Crippen molar-refractivity contribution in [2.45, 2.75) is 36.8 Å². The van der Waals surface area contributed by atoms with E-state index >= 15 is 0 Å². The van der Waals surface area contributed by atoms with Gasteiger partial charge in [0.05, 0.1) is 21.3 Å². The van der Waals surface area contributed by atoms with Crippen LogP contribution >= 0.6 is 23.2 Å². The summed E-state index contributed by atoms with van der Waals surface area (Å²) in [5.41, 5.74) is 2.25. The van der Waals surface area contributed by atoms with Crippen molar-refractivity contribution < 1.29 is 36.7 Å². The molecule has 0 fully saturated rings. The second kappa shape index (κ2) is 11.0. The normalized spacial score (nSPS) is 15.9. The zero-order chi connectivity index (χ0) is 29.6. The molecule has 0 radical (unpaired) electrons. The molecule has 5 rings (SSSR count). The minimum absolute atomic E-state index is 0.0121. The number of benzene rings is 2. The van der Waals surface area contributed by atoms with E-state index < -0.39 is 39.5 Å². The van der Waals surface area contributed by atoms with E-state index in [2.05, 4.69) is 10.3 Å². The maximum absolute atomic E-state index is 13.6. The van der Waals surface area contributed by atoms with Gasteiger partial charge in [-0.15, -0.1) is 0 Å². The SMILES string of the molecule is CS(=O)(=O)c1ccc(C[C@H](NC(=O)c2c(Cl)cc3c(c2Cl)CCC(C(=O)c2cc4cc(F)ccc4[nH]2)C3)C(=O)O)o1. The van der Waals surface area contributed by atoms with Gasteiger partial charge in [-0.2, -0.15) is 0 Å². The number of carbonyl (C=O) groups excluding carboxylic acids is 2. The minimum atomic E-state index is -3.63. The van der Waals surface area contributed by atoms with Gasteiger partial charge in [-0.1, -0.05) is 23.2 Å². The van der Waals surface area contributed by atoms with Crippen LogP contribution < -0.4 is 5.32 Å². The summed E-state index contributed by atoms with van der Waals surface area (Å²) in [6, 6.07) is 8.47. The lowest BCUT2D eigenvalue weighted by molar-refractivity contribution is -0.139. The molecular weight excluding hydrogens is 598 g/mol. The summed E-state index contributed by atoms with van der Waals surface area (Å²) in [5.74, 6) is -3.08. The van der Waals surface area contributed by atoms with E-state index in [9.17, 15) is 32.3 Å². The number of hydrogen-bond donors (Lipinski definition) is 3. The van der Waals surface area contributed by atoms with Gasteiger partial charge < -0.3 is 19.8 Å². The number of furan rings is 1. The maximum atomic E-state index is 13.6. The summed E-state index contributed by atoms with van der Waals surface area (Å²) in [5, 5.41) is 12.4. The molecule has 2 aromatic carbocycles. The van der Waals surface area contributed by atoms with Gasteiger partial charge in [0.2, 0.25) is 14.9 Å². The van der Waals surface area contributed by atoms with Crippen molar-refractivity contribution in [1.82, 2.24) is 10.3 Å². The lowest BCUT2D eigenvalue weighted by Crippen LogP contribution is -2.42. The molecular formula is C28H23Cl2FN2O7S. The molecule has 41 heavy (non-hydrogen) atoms. The lowest BCUT2D eigenvalue weighted by Gasteiger charge is -2.26. The Kier molecular flexibility index (Phi) is 7.71. The van der Waals surface area contributed by atoms with Gasteiger partial charge in [0.15, 0.2) is 5.78 Å². The molecule has 0 spiro atoms. The number of H-pyrrole nitrogens is 1. The lowest BCUT2D eigenvalue weighted by atomic mass is 9.80. The van der Waals surface area contributed by atoms with E-state index in [1.165, 1.54) is 24.3 Å². The number of aliphatic carboxylic acids is 1. The third-order valence-electron chi connectivity index (χ3n) is 7.08. The molecule has 0 saturated carbocycles. The highest BCUT2D eigenvalue weighted by Crippen LogP contribution is 2.38. The molecule has 2 aromatic heterocycles. The minimum Gasteiger partial charge on any atom is -0.480 e. The van der Waals surface area contributed by atoms with Gasteiger partial charge in [0.1, 0.15) is 17.6 Å². The number of fused-ring (bicyclic) bond motifs is 2. The van der Waals surface area contributed by atoms with Crippen molar-refractivity contribution >= 4 is 61.6 Å². The van der Waals surface area contributed by atoms with Crippen molar-refractivity contribution in [3.63, 3.8) is 0 Å². The summed E-state index contributed by atoms with van der Waals surface area (Å²) in [6.07, 6.45) is 1.77. The van der Waals surface area contributed by atoms with Crippen LogP contribution in [0.2, 0.25) is 10.0 Å². The average Bonchev–Trinajstić information content (AvgIpc) is 3.54. The smallest absolute Gasteiger partial charge is 0.326 e. The summed E-state index contributed by atoms with van der Waals surface area (Å²) < 4.78 is 42.1. The fraction of sp³-hybridized carbons (Fsp3) is 0.250. The Balaban J connectivity index is 1.34. The molecule has 2 heterocycles. The third kappa shape index (κ3) is 5.88. The van der Waals surface area contributed by atoms with Gasteiger partial charge in [0, 0.05) is 29.5 Å². The zero-order valence-electron chi connectivity index (χ0n) is 21.5. The van der Waals surface area contributed by atoms with E-state index in [-0.39, 0.29) is 38.7 Å². The van der Waals surface area contributed by atoms with Crippen LogP contribution in [0, 0.1) is 11.7 Å². The summed E-state index contributed by atoms with van der Waals surface area (Å²) in [4.78, 5) is 41.3. The van der Waals surface area contributed by atoms with E-state index in [4.69, 9.17) is 27.6 Å². The fourth-order valence-corrected chi connectivity index (χ4v) is 6.37. The predicted octanol–water partition coefficient (Wildman–Crippen LogP) is 5.02. The maximum Gasteiger partial charge on any atom is 0.326 e. The Hall–Kier alpha value is -3.67. The molecule has 1 amide bonds. The van der Waals surface area contributed by atoms with Crippen LogP contribution in [0.3, 0.4) is 0 Å². The van der Waals surface area contributed by atoms with Crippen LogP contribution in [-0.2, 0) is 33.9 Å². The number of aromatic amines is 1. The Morgan fingerprint density at radius 1 is 1.17 bits per heavy atom. The molecule has 1 aliphatic carbocycles. The Bertz CT molecular complexity index is 1830. The van der Waals surface area contributed by atoms with Crippen molar-refractivity contribution in [3.8, 4) is 0 Å². The van der Waals surface area contributed by atoms with Gasteiger partial charge >= 0.3 is 5.97 Å². The molecule has 2 atom stereocenters. The van der Waals surface area contributed by atoms with E-state index in [1.54, 1.807) is 18.2 Å². The van der Waals surface area contributed by atoms with Gasteiger partial charge in [-0.3, -0.25) is 9.59 Å². The van der Waals surface area contributed by atoms with Crippen LogP contribution in [0.1, 0.15) is 44.2 Å². The number of sulfone groups is 1. The average molecular weight is 621 g/mol. The van der Waals surface area contributed by atoms with Crippen LogP contribution in [-0.4, -0.2) is 48.5 Å². The number of hydrogen-bond acceptors (Lipinski definition) is 6. The van der Waals surface area contributed by atoms with Crippen LogP contribution in [0.4, 0.5) is 4.39 Å². The monoisotopic (exact) mass is 620 g/mol. The quantitative estimate of drug-likeness (QED) is 0.234. The number of ketones is 1. The van der Waals surface area contributed by atoms with Crippen LogP contribution in [0.5, 0.6) is 0 Å². The number of halogens is 3. The second-order valence-electron chi connectivity index (χ2n) is 9.96. The molecule has 0 aliphatic heterocycles. The Labute approximate surface area is 243 Å². The number of carboxylic acids is 1. The first kappa shape index (κ1) is 28.8. The van der Waals surface area contributed by atoms with Crippen LogP contribution in [0.25, 0.3) is 10.9 Å². The number of carbonyl (C=O) groups is 3. The van der Waals surface area contributed by atoms with E-state index in [0.717, 1.165) is 6.26 Å². The summed E-state index contributed by atoms with van der Waals surface area (Å²) >= 11 is 13.1. The molecule has 0 bridgehead atoms. The standard InChI is InChI=1S/C28H23Cl2FN2O7S/c1-41(38,39)23-7-4-17(40-23)12-22(28(36)37)33-27(35)24-19(29)10-14-8-13(2-5-18(14)25(24)30)26(34)21-11-15-9-16(31)3-6-20(15)32-21/h3-4,6-7,9-11,13,22,32H,2,5,8,12H2,1H3,(H,33,35)(H,36,37)/t13?,22-/m0/s1. The number of amides is 1. The number of aromatic nitrogens is 1. The Morgan fingerprint density at radius 3 is 2.61 bits per heavy atom. The number of carboxylic acid groups (broad SMARTS) is 1. The zero-order valence-corrected chi connectivity index (χ0v) is 23.8. The van der Waals surface area contributed by atoms with Gasteiger partial charge in [0.25, 0.3) is 5.91 Å². The number of Topliss-reactive ketones (excluding diaryl/α,β-unsaturated/α-hetero) is 1. The first-order valence-electron chi connectivity index (χ1n) is 12.5. The molecule has 13 heteroatoms. The van der Waals surface area contributed by atoms with Crippen molar-refractivity contribution in [2.75, 3.05) is 6.26 Å². The van der Waals surface area contributed by atoms with E-state index in [1.807, 2.05) is 0 Å². The highest BCUT2D eigenvalue weighted by atomic mass is 35.5. The topological polar surface area (TPSA) is 147 Å². The molecule has 1 aliphatic rings. The first-order chi connectivity index (χ1) is 19.3. The van der Waals surface area contributed by atoms with E-state index in [0.29, 0.717) is 47.0 Å². The molecule has 214 valence electrons. The number of nitrogens with one attached hydrogen (secondary N) is 2. The highest BCUT2D eigenvalue weighted by molar-refractivity contribution is 7.90. The Morgan fingerprint density at radius 2 is 1.93 bits per heavy atom. The molecule has 4 aromatic rings. The molecule has 1 unspecified atom stereocenters. The highest BCUT2D eigenvalue weighted by Gasteiger charge is 2.32. The first-order valence-corrected chi connectivity index (χ1v) is 15.1. The van der Waals surface area contributed by atoms with Gasteiger partial charge in [-0.05, 0) is 72.9 Å². The second-order valence-corrected chi connectivity index (χ2v) is 12.7. The summed E-state index contributed by atoms with van der Waals surface area (Å²) in [6.45, 7) is 0. The fourth-order valence-electron chi connectivity index (χ4n) is 5.03.